The van der Waals surface area contributed by atoms with Crippen molar-refractivity contribution in [2.75, 3.05) is 13.2 Å². The van der Waals surface area contributed by atoms with Crippen LogP contribution >= 0.6 is 0 Å². The van der Waals surface area contributed by atoms with Crippen LogP contribution < -0.4 is 5.32 Å². The van der Waals surface area contributed by atoms with E-state index in [9.17, 15) is 14.9 Å². The fourth-order valence-electron chi connectivity index (χ4n) is 1.80. The van der Waals surface area contributed by atoms with Crippen LogP contribution in [0.2, 0.25) is 0 Å². The molecule has 6 nitrogen and oxygen atoms in total. The molecule has 0 fully saturated rings. The summed E-state index contributed by atoms with van der Waals surface area (Å²) in [5.74, 6) is -0.0824. The molecule has 0 aliphatic carbocycles. The first-order valence-electron chi connectivity index (χ1n) is 6.74. The second-order valence-electron chi connectivity index (χ2n) is 4.59. The van der Waals surface area contributed by atoms with Crippen molar-refractivity contribution < 1.29 is 14.8 Å². The van der Waals surface area contributed by atoms with Crippen LogP contribution in [0.5, 0.6) is 0 Å². The van der Waals surface area contributed by atoms with Crippen LogP contribution in [0.15, 0.2) is 24.3 Å². The lowest BCUT2D eigenvalue weighted by molar-refractivity contribution is -0.384. The number of nitro benzene ring substituents is 1. The topological polar surface area (TPSA) is 92.5 Å². The molecule has 0 aliphatic heterocycles. The molecular weight excluding hydrogens is 260 g/mol. The van der Waals surface area contributed by atoms with Gasteiger partial charge in [0.25, 0.3) is 5.69 Å². The van der Waals surface area contributed by atoms with Crippen LogP contribution in [-0.2, 0) is 11.2 Å². The van der Waals surface area contributed by atoms with Gasteiger partial charge in [-0.15, -0.1) is 0 Å². The third-order valence-corrected chi connectivity index (χ3v) is 2.92. The molecule has 1 amide bonds. The number of benzene rings is 1. The maximum Gasteiger partial charge on any atom is 0.269 e. The molecule has 2 N–H and O–H groups in total. The summed E-state index contributed by atoms with van der Waals surface area (Å²) in [6.07, 6.45) is 3.88. The van der Waals surface area contributed by atoms with Gasteiger partial charge in [-0.25, -0.2) is 0 Å². The lowest BCUT2D eigenvalue weighted by atomic mass is 10.1. The van der Waals surface area contributed by atoms with Crippen molar-refractivity contribution in [3.05, 3.63) is 39.9 Å². The lowest BCUT2D eigenvalue weighted by Crippen LogP contribution is -2.26. The number of non-ortho nitro benzene ring substituents is 1. The summed E-state index contributed by atoms with van der Waals surface area (Å²) < 4.78 is 0. The van der Waals surface area contributed by atoms with E-state index in [1.807, 2.05) is 0 Å². The van der Waals surface area contributed by atoms with Crippen LogP contribution in [0.1, 0.15) is 31.2 Å². The van der Waals surface area contributed by atoms with Crippen LogP contribution in [0.3, 0.4) is 0 Å². The molecule has 0 heterocycles. The molecule has 0 saturated carbocycles. The van der Waals surface area contributed by atoms with E-state index in [1.165, 1.54) is 12.1 Å². The smallest absolute Gasteiger partial charge is 0.269 e. The molecule has 0 aliphatic rings. The minimum atomic E-state index is -0.462. The normalized spacial score (nSPS) is 10.2. The van der Waals surface area contributed by atoms with Gasteiger partial charge in [0.15, 0.2) is 0 Å². The summed E-state index contributed by atoms with van der Waals surface area (Å²) in [5, 5.41) is 21.9. The van der Waals surface area contributed by atoms with E-state index in [2.05, 4.69) is 5.32 Å². The van der Waals surface area contributed by atoms with E-state index in [0.717, 1.165) is 31.2 Å². The molecule has 1 aromatic rings. The second kappa shape index (κ2) is 9.03. The molecule has 6 heteroatoms. The van der Waals surface area contributed by atoms with Crippen molar-refractivity contribution in [2.45, 2.75) is 32.1 Å². The van der Waals surface area contributed by atoms with E-state index in [0.29, 0.717) is 6.54 Å². The number of nitrogens with zero attached hydrogens (tertiary/aromatic N) is 1. The predicted octanol–water partition coefficient (Wildman–Crippen LogP) is 1.81. The van der Waals surface area contributed by atoms with Crippen molar-refractivity contribution in [2.24, 2.45) is 0 Å². The molecule has 110 valence electrons. The SMILES string of the molecule is O=C(Cc1ccc([N+](=O)[O-])cc1)NCCCCCCO. The van der Waals surface area contributed by atoms with Gasteiger partial charge in [-0.05, 0) is 18.4 Å². The average Bonchev–Trinajstić information content (AvgIpc) is 2.43. The summed E-state index contributed by atoms with van der Waals surface area (Å²) in [4.78, 5) is 21.7. The summed E-state index contributed by atoms with van der Waals surface area (Å²) in [7, 11) is 0. The highest BCUT2D eigenvalue weighted by atomic mass is 16.6. The highest BCUT2D eigenvalue weighted by Gasteiger charge is 2.06. The van der Waals surface area contributed by atoms with Crippen LogP contribution in [0.4, 0.5) is 5.69 Å². The molecule has 1 rings (SSSR count). The number of aliphatic hydroxyl groups excluding tert-OH is 1. The molecule has 0 aromatic heterocycles. The van der Waals surface area contributed by atoms with E-state index >= 15 is 0 Å². The number of hydrogen-bond donors (Lipinski definition) is 2. The van der Waals surface area contributed by atoms with Gasteiger partial charge in [-0.2, -0.15) is 0 Å². The van der Waals surface area contributed by atoms with Crippen molar-refractivity contribution in [1.29, 1.82) is 0 Å². The third kappa shape index (κ3) is 6.29. The highest BCUT2D eigenvalue weighted by Crippen LogP contribution is 2.12. The Bertz CT molecular complexity index is 431. The number of nitrogens with one attached hydrogen (secondary N) is 1. The Kier molecular flexibility index (Phi) is 7.27. The standard InChI is InChI=1S/C14H20N2O4/c17-10-4-2-1-3-9-15-14(18)11-12-5-7-13(8-6-12)16(19)20/h5-8,17H,1-4,9-11H2,(H,15,18). The van der Waals surface area contributed by atoms with Gasteiger partial charge in [0.2, 0.25) is 5.91 Å². The van der Waals surface area contributed by atoms with Gasteiger partial charge in [0.1, 0.15) is 0 Å². The van der Waals surface area contributed by atoms with Gasteiger partial charge in [0.05, 0.1) is 11.3 Å². The number of unbranched alkanes of at least 4 members (excludes halogenated alkanes) is 3. The van der Waals surface area contributed by atoms with Crippen molar-refractivity contribution in [1.82, 2.24) is 5.32 Å². The van der Waals surface area contributed by atoms with E-state index in [1.54, 1.807) is 12.1 Å². The van der Waals surface area contributed by atoms with Gasteiger partial charge >= 0.3 is 0 Å². The van der Waals surface area contributed by atoms with E-state index in [4.69, 9.17) is 5.11 Å². The zero-order valence-electron chi connectivity index (χ0n) is 11.4. The highest BCUT2D eigenvalue weighted by molar-refractivity contribution is 5.78. The first-order valence-corrected chi connectivity index (χ1v) is 6.74. The molecular formula is C14H20N2O4. The molecule has 0 bridgehead atoms. The zero-order valence-corrected chi connectivity index (χ0v) is 11.4. The van der Waals surface area contributed by atoms with E-state index < -0.39 is 4.92 Å². The minimum Gasteiger partial charge on any atom is -0.396 e. The fourth-order valence-corrected chi connectivity index (χ4v) is 1.80. The minimum absolute atomic E-state index is 0.0260. The van der Waals surface area contributed by atoms with Crippen molar-refractivity contribution in [3.63, 3.8) is 0 Å². The number of amides is 1. The quantitative estimate of drug-likeness (QED) is 0.410. The molecule has 20 heavy (non-hydrogen) atoms. The Morgan fingerprint density at radius 2 is 1.80 bits per heavy atom. The number of carbonyl (C=O) groups excluding carboxylic acids is 1. The van der Waals surface area contributed by atoms with Gasteiger partial charge in [-0.3, -0.25) is 14.9 Å². The maximum absolute atomic E-state index is 11.6. The summed E-state index contributed by atoms with van der Waals surface area (Å²) in [6, 6.07) is 5.99. The Labute approximate surface area is 118 Å². The van der Waals surface area contributed by atoms with Crippen LogP contribution in [0, 0.1) is 10.1 Å². The molecule has 0 saturated heterocycles. The number of hydrogen-bond acceptors (Lipinski definition) is 4. The van der Waals surface area contributed by atoms with E-state index in [-0.39, 0.29) is 24.6 Å². The van der Waals surface area contributed by atoms with Crippen molar-refractivity contribution >= 4 is 11.6 Å². The Hall–Kier alpha value is -1.95. The predicted molar refractivity (Wildman–Crippen MR) is 75.4 cm³/mol. The van der Waals surface area contributed by atoms with Gasteiger partial charge < -0.3 is 10.4 Å². The average molecular weight is 280 g/mol. The monoisotopic (exact) mass is 280 g/mol. The first kappa shape index (κ1) is 16.1. The van der Waals surface area contributed by atoms with Gasteiger partial charge in [-0.1, -0.05) is 25.0 Å². The lowest BCUT2D eigenvalue weighted by Gasteiger charge is -2.05. The van der Waals surface area contributed by atoms with Crippen LogP contribution in [0.25, 0.3) is 0 Å². The second-order valence-corrected chi connectivity index (χ2v) is 4.59. The molecule has 0 unspecified atom stereocenters. The largest absolute Gasteiger partial charge is 0.396 e. The summed E-state index contributed by atoms with van der Waals surface area (Å²) in [5.41, 5.74) is 0.784. The zero-order chi connectivity index (χ0) is 14.8. The Morgan fingerprint density at radius 3 is 2.40 bits per heavy atom. The number of carbonyl (C=O) groups is 1. The van der Waals surface area contributed by atoms with Gasteiger partial charge in [0, 0.05) is 25.3 Å². The third-order valence-electron chi connectivity index (χ3n) is 2.92. The molecule has 0 radical (unpaired) electrons. The maximum atomic E-state index is 11.6. The van der Waals surface area contributed by atoms with Crippen LogP contribution in [-0.4, -0.2) is 29.1 Å². The first-order chi connectivity index (χ1) is 9.63. The number of nitro groups is 1. The summed E-state index contributed by atoms with van der Waals surface area (Å²) in [6.45, 7) is 0.837. The number of rotatable bonds is 9. The Morgan fingerprint density at radius 1 is 1.15 bits per heavy atom. The Balaban J connectivity index is 2.23. The molecule has 0 atom stereocenters. The molecule has 1 aromatic carbocycles. The molecule has 0 spiro atoms. The van der Waals surface area contributed by atoms with Crippen molar-refractivity contribution in [3.8, 4) is 0 Å². The fraction of sp³-hybridized carbons (Fsp3) is 0.500. The summed E-state index contributed by atoms with van der Waals surface area (Å²) >= 11 is 0. The number of aliphatic hydroxyl groups is 1.